The van der Waals surface area contributed by atoms with Gasteiger partial charge in [0.25, 0.3) is 0 Å². The third kappa shape index (κ3) is 1.96. The highest BCUT2D eigenvalue weighted by atomic mass is 16.3. The fraction of sp³-hybridized carbons (Fsp3) is 1.00. The molecule has 1 aliphatic rings. The largest absolute Gasteiger partial charge is 0.393 e. The SMILES string of the molecule is CC1(C)CC(O)CC(O)C1. The molecule has 0 heterocycles. The molecule has 0 aromatic rings. The van der Waals surface area contributed by atoms with Crippen molar-refractivity contribution < 1.29 is 10.2 Å². The van der Waals surface area contributed by atoms with Crippen LogP contribution in [0.15, 0.2) is 0 Å². The second-order valence-electron chi connectivity index (χ2n) is 4.12. The first kappa shape index (κ1) is 8.02. The highest BCUT2D eigenvalue weighted by molar-refractivity contribution is 4.83. The molecule has 0 bridgehead atoms. The molecule has 0 aromatic heterocycles. The van der Waals surface area contributed by atoms with E-state index < -0.39 is 0 Å². The van der Waals surface area contributed by atoms with Crippen LogP contribution < -0.4 is 0 Å². The Morgan fingerprint density at radius 3 is 1.80 bits per heavy atom. The molecule has 0 radical (unpaired) electrons. The van der Waals surface area contributed by atoms with Crippen LogP contribution in [0, 0.1) is 5.41 Å². The van der Waals surface area contributed by atoms with Gasteiger partial charge in [-0.3, -0.25) is 0 Å². The molecule has 10 heavy (non-hydrogen) atoms. The standard InChI is InChI=1S/C8H16O2/c1-8(2)4-6(9)3-7(10)5-8/h6-7,9-10H,3-5H2,1-2H3. The van der Waals surface area contributed by atoms with E-state index in [4.69, 9.17) is 0 Å². The van der Waals surface area contributed by atoms with E-state index in [2.05, 4.69) is 13.8 Å². The maximum absolute atomic E-state index is 9.26. The Balaban J connectivity index is 2.51. The molecule has 1 saturated carbocycles. The predicted octanol–water partition coefficient (Wildman–Crippen LogP) is 0.918. The van der Waals surface area contributed by atoms with Gasteiger partial charge in [0.05, 0.1) is 12.2 Å². The van der Waals surface area contributed by atoms with Crippen molar-refractivity contribution in [1.82, 2.24) is 0 Å². The summed E-state index contributed by atoms with van der Waals surface area (Å²) in [6, 6.07) is 0. The van der Waals surface area contributed by atoms with Gasteiger partial charge in [-0.25, -0.2) is 0 Å². The lowest BCUT2D eigenvalue weighted by atomic mass is 9.75. The molecular weight excluding hydrogens is 128 g/mol. The topological polar surface area (TPSA) is 40.5 Å². The fourth-order valence-electron chi connectivity index (χ4n) is 1.84. The Labute approximate surface area is 61.9 Å². The maximum atomic E-state index is 9.26. The van der Waals surface area contributed by atoms with Crippen LogP contribution in [-0.4, -0.2) is 22.4 Å². The summed E-state index contributed by atoms with van der Waals surface area (Å²) in [6.07, 6.45) is 1.62. The fourth-order valence-corrected chi connectivity index (χ4v) is 1.84. The van der Waals surface area contributed by atoms with E-state index in [0.717, 1.165) is 12.8 Å². The Morgan fingerprint density at radius 1 is 1.10 bits per heavy atom. The van der Waals surface area contributed by atoms with Crippen LogP contribution >= 0.6 is 0 Å². The molecule has 0 aliphatic heterocycles. The number of hydrogen-bond acceptors (Lipinski definition) is 2. The first-order valence-corrected chi connectivity index (χ1v) is 3.86. The zero-order valence-corrected chi connectivity index (χ0v) is 6.67. The molecule has 2 heteroatoms. The predicted molar refractivity (Wildman–Crippen MR) is 39.6 cm³/mol. The molecule has 2 N–H and O–H groups in total. The van der Waals surface area contributed by atoms with Crippen molar-refractivity contribution >= 4 is 0 Å². The summed E-state index contributed by atoms with van der Waals surface area (Å²) >= 11 is 0. The maximum Gasteiger partial charge on any atom is 0.0570 e. The lowest BCUT2D eigenvalue weighted by molar-refractivity contribution is -0.0144. The van der Waals surface area contributed by atoms with Crippen molar-refractivity contribution in [1.29, 1.82) is 0 Å². The normalized spacial score (nSPS) is 39.6. The molecule has 0 aromatic carbocycles. The minimum atomic E-state index is -0.293. The lowest BCUT2D eigenvalue weighted by Crippen LogP contribution is -2.34. The zero-order valence-electron chi connectivity index (χ0n) is 6.67. The molecule has 1 fully saturated rings. The van der Waals surface area contributed by atoms with Crippen LogP contribution in [0.25, 0.3) is 0 Å². The molecular formula is C8H16O2. The van der Waals surface area contributed by atoms with Crippen molar-refractivity contribution in [3.05, 3.63) is 0 Å². The Morgan fingerprint density at radius 2 is 1.50 bits per heavy atom. The smallest absolute Gasteiger partial charge is 0.0570 e. The van der Waals surface area contributed by atoms with Gasteiger partial charge in [0.2, 0.25) is 0 Å². The summed E-state index contributed by atoms with van der Waals surface area (Å²) in [5.74, 6) is 0. The summed E-state index contributed by atoms with van der Waals surface area (Å²) in [7, 11) is 0. The lowest BCUT2D eigenvalue weighted by Gasteiger charge is -2.35. The molecule has 60 valence electrons. The number of hydrogen-bond donors (Lipinski definition) is 2. The Hall–Kier alpha value is -0.0800. The van der Waals surface area contributed by atoms with E-state index in [1.807, 2.05) is 0 Å². The molecule has 1 rings (SSSR count). The third-order valence-corrected chi connectivity index (χ3v) is 2.12. The van der Waals surface area contributed by atoms with Gasteiger partial charge in [-0.05, 0) is 24.7 Å². The number of rotatable bonds is 0. The third-order valence-electron chi connectivity index (χ3n) is 2.12. The average Bonchev–Trinajstić information content (AvgIpc) is 1.54. The Kier molecular flexibility index (Phi) is 2.02. The van der Waals surface area contributed by atoms with Crippen molar-refractivity contribution in [2.45, 2.75) is 45.3 Å². The van der Waals surface area contributed by atoms with Gasteiger partial charge in [-0.15, -0.1) is 0 Å². The van der Waals surface area contributed by atoms with E-state index in [1.54, 1.807) is 0 Å². The molecule has 2 atom stereocenters. The average molecular weight is 144 g/mol. The molecule has 0 spiro atoms. The van der Waals surface area contributed by atoms with E-state index in [1.165, 1.54) is 0 Å². The van der Waals surface area contributed by atoms with E-state index in [-0.39, 0.29) is 17.6 Å². The van der Waals surface area contributed by atoms with Crippen LogP contribution in [0.1, 0.15) is 33.1 Å². The molecule has 2 nitrogen and oxygen atoms in total. The monoisotopic (exact) mass is 144 g/mol. The van der Waals surface area contributed by atoms with E-state index in [9.17, 15) is 10.2 Å². The van der Waals surface area contributed by atoms with Crippen molar-refractivity contribution in [2.24, 2.45) is 5.41 Å². The van der Waals surface area contributed by atoms with Crippen LogP contribution in [0.3, 0.4) is 0 Å². The summed E-state index contributed by atoms with van der Waals surface area (Å²) in [4.78, 5) is 0. The van der Waals surface area contributed by atoms with Crippen molar-refractivity contribution in [2.75, 3.05) is 0 Å². The van der Waals surface area contributed by atoms with Crippen LogP contribution in [0.2, 0.25) is 0 Å². The Bertz CT molecular complexity index is 108. The minimum Gasteiger partial charge on any atom is -0.393 e. The van der Waals surface area contributed by atoms with Gasteiger partial charge in [0.1, 0.15) is 0 Å². The molecule has 2 unspecified atom stereocenters. The molecule has 0 amide bonds. The van der Waals surface area contributed by atoms with E-state index in [0.29, 0.717) is 6.42 Å². The molecule has 1 aliphatic carbocycles. The molecule has 0 saturated heterocycles. The van der Waals surface area contributed by atoms with Gasteiger partial charge in [0, 0.05) is 0 Å². The van der Waals surface area contributed by atoms with Crippen LogP contribution in [-0.2, 0) is 0 Å². The second-order valence-corrected chi connectivity index (χ2v) is 4.12. The first-order valence-electron chi connectivity index (χ1n) is 3.86. The highest BCUT2D eigenvalue weighted by Gasteiger charge is 2.31. The first-order chi connectivity index (χ1) is 4.49. The number of aliphatic hydroxyl groups is 2. The summed E-state index contributed by atoms with van der Waals surface area (Å²) in [6.45, 7) is 4.16. The second kappa shape index (κ2) is 2.51. The summed E-state index contributed by atoms with van der Waals surface area (Å²) in [5.41, 5.74) is 0.122. The van der Waals surface area contributed by atoms with Gasteiger partial charge in [-0.1, -0.05) is 13.8 Å². The highest BCUT2D eigenvalue weighted by Crippen LogP contribution is 2.35. The van der Waals surface area contributed by atoms with Gasteiger partial charge >= 0.3 is 0 Å². The summed E-state index contributed by atoms with van der Waals surface area (Å²) in [5, 5.41) is 18.5. The van der Waals surface area contributed by atoms with Gasteiger partial charge < -0.3 is 10.2 Å². The van der Waals surface area contributed by atoms with Gasteiger partial charge in [0.15, 0.2) is 0 Å². The number of aliphatic hydroxyl groups excluding tert-OH is 2. The quantitative estimate of drug-likeness (QED) is 0.530. The zero-order chi connectivity index (χ0) is 7.78. The van der Waals surface area contributed by atoms with Crippen LogP contribution in [0.5, 0.6) is 0 Å². The van der Waals surface area contributed by atoms with Crippen molar-refractivity contribution in [3.63, 3.8) is 0 Å². The van der Waals surface area contributed by atoms with Gasteiger partial charge in [-0.2, -0.15) is 0 Å². The van der Waals surface area contributed by atoms with E-state index >= 15 is 0 Å². The van der Waals surface area contributed by atoms with Crippen molar-refractivity contribution in [3.8, 4) is 0 Å². The van der Waals surface area contributed by atoms with Crippen LogP contribution in [0.4, 0.5) is 0 Å². The summed E-state index contributed by atoms with van der Waals surface area (Å²) < 4.78 is 0. The minimum absolute atomic E-state index is 0.122.